The number of carboxylic acid groups (broad SMARTS) is 1. The van der Waals surface area contributed by atoms with Crippen LogP contribution in [0.15, 0.2) is 16.9 Å². The summed E-state index contributed by atoms with van der Waals surface area (Å²) in [5.41, 5.74) is 0.252. The molecule has 1 aromatic heterocycles. The summed E-state index contributed by atoms with van der Waals surface area (Å²) < 4.78 is 2.49. The van der Waals surface area contributed by atoms with Crippen molar-refractivity contribution in [3.8, 4) is 0 Å². The zero-order chi connectivity index (χ0) is 10.7. The molecule has 14 heavy (non-hydrogen) atoms. The average Bonchev–Trinajstić information content (AvgIpc) is 2.48. The Balaban J connectivity index is 2.82. The van der Waals surface area contributed by atoms with Gasteiger partial charge in [-0.25, -0.2) is 4.79 Å². The summed E-state index contributed by atoms with van der Waals surface area (Å²) in [6.07, 6.45) is 1.55. The van der Waals surface area contributed by atoms with E-state index in [-0.39, 0.29) is 18.1 Å². The highest BCUT2D eigenvalue weighted by atomic mass is 79.9. The lowest BCUT2D eigenvalue weighted by Gasteiger charge is -2.09. The number of aromatic nitrogens is 1. The Bertz CT molecular complexity index is 335. The van der Waals surface area contributed by atoms with Crippen LogP contribution in [-0.2, 0) is 6.54 Å². The van der Waals surface area contributed by atoms with Gasteiger partial charge in [0, 0.05) is 19.3 Å². The molecule has 1 aromatic rings. The Kier molecular flexibility index (Phi) is 3.71. The molecule has 2 N–H and O–H groups in total. The van der Waals surface area contributed by atoms with Gasteiger partial charge in [0.05, 0.1) is 10.2 Å². The minimum absolute atomic E-state index is 0.0903. The van der Waals surface area contributed by atoms with Gasteiger partial charge in [-0.15, -0.1) is 0 Å². The molecule has 1 atom stereocenters. The van der Waals surface area contributed by atoms with Gasteiger partial charge < -0.3 is 14.8 Å². The predicted molar refractivity (Wildman–Crippen MR) is 55.3 cm³/mol. The lowest BCUT2D eigenvalue weighted by atomic mass is 10.2. The van der Waals surface area contributed by atoms with Crippen molar-refractivity contribution in [2.75, 3.05) is 6.61 Å². The number of carbonyl (C=O) groups is 1. The first kappa shape index (κ1) is 11.3. The van der Waals surface area contributed by atoms with Crippen molar-refractivity contribution >= 4 is 21.9 Å². The number of halogens is 1. The third-order valence-corrected chi connectivity index (χ3v) is 2.60. The molecule has 0 aliphatic rings. The van der Waals surface area contributed by atoms with Gasteiger partial charge in [-0.3, -0.25) is 0 Å². The Morgan fingerprint density at radius 2 is 2.36 bits per heavy atom. The third-order valence-electron chi connectivity index (χ3n) is 1.91. The van der Waals surface area contributed by atoms with Crippen molar-refractivity contribution in [3.63, 3.8) is 0 Å². The molecular weight excluding hydrogens is 250 g/mol. The van der Waals surface area contributed by atoms with E-state index in [4.69, 9.17) is 10.2 Å². The van der Waals surface area contributed by atoms with E-state index in [2.05, 4.69) is 15.9 Å². The van der Waals surface area contributed by atoms with Crippen LogP contribution < -0.4 is 0 Å². The minimum atomic E-state index is -0.943. The summed E-state index contributed by atoms with van der Waals surface area (Å²) in [6, 6.07) is 1.55. The van der Waals surface area contributed by atoms with Crippen LogP contribution in [0, 0.1) is 5.92 Å². The second-order valence-corrected chi connectivity index (χ2v) is 4.11. The van der Waals surface area contributed by atoms with E-state index in [1.165, 1.54) is 0 Å². The number of carboxylic acids is 1. The number of nitrogens with zero attached hydrogens (tertiary/aromatic N) is 1. The van der Waals surface area contributed by atoms with Gasteiger partial charge in [0.15, 0.2) is 0 Å². The van der Waals surface area contributed by atoms with E-state index in [9.17, 15) is 4.79 Å². The molecule has 78 valence electrons. The molecule has 0 fully saturated rings. The third kappa shape index (κ3) is 2.59. The molecule has 0 saturated carbocycles. The van der Waals surface area contributed by atoms with Crippen LogP contribution in [0.1, 0.15) is 17.3 Å². The maximum absolute atomic E-state index is 10.6. The molecule has 5 heteroatoms. The van der Waals surface area contributed by atoms with Gasteiger partial charge in [0.1, 0.15) is 0 Å². The molecule has 0 aliphatic carbocycles. The smallest absolute Gasteiger partial charge is 0.337 e. The fourth-order valence-corrected chi connectivity index (χ4v) is 1.62. The molecule has 1 unspecified atom stereocenters. The van der Waals surface area contributed by atoms with Crippen LogP contribution in [0.2, 0.25) is 0 Å². The van der Waals surface area contributed by atoms with Crippen LogP contribution in [0.3, 0.4) is 0 Å². The van der Waals surface area contributed by atoms with Gasteiger partial charge in [0.25, 0.3) is 0 Å². The van der Waals surface area contributed by atoms with E-state index in [0.717, 1.165) is 4.60 Å². The number of aliphatic hydroxyl groups is 1. The van der Waals surface area contributed by atoms with Crippen molar-refractivity contribution in [1.82, 2.24) is 4.57 Å². The highest BCUT2D eigenvalue weighted by Gasteiger charge is 2.10. The highest BCUT2D eigenvalue weighted by molar-refractivity contribution is 9.10. The topological polar surface area (TPSA) is 62.5 Å². The zero-order valence-electron chi connectivity index (χ0n) is 7.77. The molecule has 0 bridgehead atoms. The monoisotopic (exact) mass is 261 g/mol. The highest BCUT2D eigenvalue weighted by Crippen LogP contribution is 2.17. The number of hydrogen-bond acceptors (Lipinski definition) is 2. The molecule has 0 spiro atoms. The molecule has 1 rings (SSSR count). The average molecular weight is 262 g/mol. The van der Waals surface area contributed by atoms with Crippen molar-refractivity contribution < 1.29 is 15.0 Å². The summed E-state index contributed by atoms with van der Waals surface area (Å²) >= 11 is 3.26. The summed E-state index contributed by atoms with van der Waals surface area (Å²) in [5, 5.41) is 17.6. The lowest BCUT2D eigenvalue weighted by molar-refractivity contribution is 0.0697. The molecule has 1 heterocycles. The van der Waals surface area contributed by atoms with Crippen molar-refractivity contribution in [1.29, 1.82) is 0 Å². The summed E-state index contributed by atoms with van der Waals surface area (Å²) in [6.45, 7) is 2.59. The van der Waals surface area contributed by atoms with Crippen LogP contribution in [0.5, 0.6) is 0 Å². The number of aromatic carboxylic acids is 1. The minimum Gasteiger partial charge on any atom is -0.478 e. The van der Waals surface area contributed by atoms with Gasteiger partial charge >= 0.3 is 5.97 Å². The van der Waals surface area contributed by atoms with Gasteiger partial charge in [-0.05, 0) is 27.9 Å². The standard InChI is InChI=1S/C9H12BrNO3/c1-6(5-12)3-11-4-7(9(13)14)2-8(11)10/h2,4,6,12H,3,5H2,1H3,(H,13,14). The summed E-state index contributed by atoms with van der Waals surface area (Å²) in [4.78, 5) is 10.6. The molecule has 0 aromatic carbocycles. The van der Waals surface area contributed by atoms with Gasteiger partial charge in [-0.2, -0.15) is 0 Å². The SMILES string of the molecule is CC(CO)Cn1cc(C(=O)O)cc1Br. The van der Waals surface area contributed by atoms with E-state index < -0.39 is 5.97 Å². The first-order chi connectivity index (χ1) is 6.54. The zero-order valence-corrected chi connectivity index (χ0v) is 9.36. The lowest BCUT2D eigenvalue weighted by Crippen LogP contribution is -2.10. The van der Waals surface area contributed by atoms with Gasteiger partial charge in [-0.1, -0.05) is 6.92 Å². The Hall–Kier alpha value is -0.810. The van der Waals surface area contributed by atoms with Crippen molar-refractivity contribution in [2.24, 2.45) is 5.92 Å². The second kappa shape index (κ2) is 4.61. The van der Waals surface area contributed by atoms with Crippen molar-refractivity contribution in [3.05, 3.63) is 22.4 Å². The Morgan fingerprint density at radius 3 is 2.79 bits per heavy atom. The summed E-state index contributed by atoms with van der Waals surface area (Å²) in [5.74, 6) is -0.832. The largest absolute Gasteiger partial charge is 0.478 e. The van der Waals surface area contributed by atoms with E-state index in [1.807, 2.05) is 6.92 Å². The van der Waals surface area contributed by atoms with Crippen molar-refractivity contribution in [2.45, 2.75) is 13.5 Å². The molecular formula is C9H12BrNO3. The number of hydrogen-bond donors (Lipinski definition) is 2. The van der Waals surface area contributed by atoms with Gasteiger partial charge in [0.2, 0.25) is 0 Å². The van der Waals surface area contributed by atoms with Crippen LogP contribution in [-0.4, -0.2) is 27.4 Å². The van der Waals surface area contributed by atoms with E-state index >= 15 is 0 Å². The fraction of sp³-hybridized carbons (Fsp3) is 0.444. The van der Waals surface area contributed by atoms with Crippen LogP contribution in [0.25, 0.3) is 0 Å². The summed E-state index contributed by atoms with van der Waals surface area (Å²) in [7, 11) is 0. The van der Waals surface area contributed by atoms with E-state index in [0.29, 0.717) is 6.54 Å². The quantitative estimate of drug-likeness (QED) is 0.865. The maximum Gasteiger partial charge on any atom is 0.337 e. The number of aliphatic hydroxyl groups excluding tert-OH is 1. The predicted octanol–water partition coefficient (Wildman–Crippen LogP) is 1.58. The fourth-order valence-electron chi connectivity index (χ4n) is 1.13. The Labute approximate surface area is 90.3 Å². The second-order valence-electron chi connectivity index (χ2n) is 3.30. The molecule has 0 aliphatic heterocycles. The van der Waals surface area contributed by atoms with E-state index in [1.54, 1.807) is 16.8 Å². The molecule has 0 radical (unpaired) electrons. The Morgan fingerprint density at radius 1 is 1.71 bits per heavy atom. The van der Waals surface area contributed by atoms with Crippen LogP contribution in [0.4, 0.5) is 0 Å². The first-order valence-electron chi connectivity index (χ1n) is 4.24. The number of rotatable bonds is 4. The maximum atomic E-state index is 10.6. The van der Waals surface area contributed by atoms with Crippen LogP contribution >= 0.6 is 15.9 Å². The normalized spacial score (nSPS) is 12.8. The molecule has 0 saturated heterocycles. The molecule has 0 amide bonds. The first-order valence-corrected chi connectivity index (χ1v) is 5.03. The molecule has 4 nitrogen and oxygen atoms in total.